The molecule has 0 radical (unpaired) electrons. The third-order valence-corrected chi connectivity index (χ3v) is 6.01. The van der Waals surface area contributed by atoms with E-state index in [0.29, 0.717) is 29.2 Å². The molecule has 9 heteroatoms. The van der Waals surface area contributed by atoms with E-state index >= 15 is 0 Å². The van der Waals surface area contributed by atoms with Crippen LogP contribution >= 0.6 is 11.6 Å². The van der Waals surface area contributed by atoms with Gasteiger partial charge in [0.2, 0.25) is 0 Å². The maximum absolute atomic E-state index is 13.4. The molecule has 0 spiro atoms. The summed E-state index contributed by atoms with van der Waals surface area (Å²) in [5, 5.41) is 8.29. The van der Waals surface area contributed by atoms with Crippen LogP contribution in [-0.4, -0.2) is 32.1 Å². The highest BCUT2D eigenvalue weighted by Crippen LogP contribution is 2.30. The van der Waals surface area contributed by atoms with Crippen LogP contribution in [0.4, 0.5) is 26.2 Å². The predicted octanol–water partition coefficient (Wildman–Crippen LogP) is 5.66. The number of carbonyl (C=O) groups is 2. The fourth-order valence-electron chi connectivity index (χ4n) is 3.94. The van der Waals surface area contributed by atoms with Crippen LogP contribution in [0.5, 0.6) is 5.75 Å². The van der Waals surface area contributed by atoms with E-state index in [2.05, 4.69) is 20.9 Å². The lowest BCUT2D eigenvalue weighted by atomic mass is 10.1. The van der Waals surface area contributed by atoms with E-state index in [0.717, 1.165) is 37.2 Å². The predicted molar refractivity (Wildman–Crippen MR) is 136 cm³/mol. The average molecular weight is 497 g/mol. The number of anilines is 3. The van der Waals surface area contributed by atoms with Crippen LogP contribution in [0.2, 0.25) is 5.02 Å². The van der Waals surface area contributed by atoms with Gasteiger partial charge in [-0.25, -0.2) is 9.18 Å². The Hall–Kier alpha value is -3.78. The molecule has 182 valence electrons. The van der Waals surface area contributed by atoms with Crippen molar-refractivity contribution >= 4 is 40.6 Å². The minimum Gasteiger partial charge on any atom is -0.497 e. The Morgan fingerprint density at radius 2 is 1.83 bits per heavy atom. The Balaban J connectivity index is 1.50. The lowest BCUT2D eigenvalue weighted by Crippen LogP contribution is -2.26. The van der Waals surface area contributed by atoms with Crippen LogP contribution in [0, 0.1) is 5.82 Å². The first kappa shape index (κ1) is 24.3. The fraction of sp³-hybridized carbons (Fsp3) is 0.231. The minimum absolute atomic E-state index is 0.0877. The molecule has 1 aliphatic heterocycles. The largest absolute Gasteiger partial charge is 0.497 e. The van der Waals surface area contributed by atoms with Crippen molar-refractivity contribution in [1.82, 2.24) is 5.32 Å². The molecule has 0 atom stereocenters. The summed E-state index contributed by atoms with van der Waals surface area (Å²) in [5.74, 6) is -0.122. The third-order valence-electron chi connectivity index (χ3n) is 5.72. The molecule has 1 saturated heterocycles. The molecule has 1 heterocycles. The molecule has 0 aromatic heterocycles. The number of nitrogens with one attached hydrogen (secondary N) is 3. The first-order chi connectivity index (χ1) is 16.9. The van der Waals surface area contributed by atoms with E-state index in [-0.39, 0.29) is 10.9 Å². The minimum atomic E-state index is -0.568. The Labute approximate surface area is 208 Å². The van der Waals surface area contributed by atoms with Gasteiger partial charge in [-0.05, 0) is 66.9 Å². The number of hydrogen-bond donors (Lipinski definition) is 3. The zero-order valence-corrected chi connectivity index (χ0v) is 20.0. The van der Waals surface area contributed by atoms with Crippen LogP contribution < -0.4 is 25.6 Å². The fourth-order valence-corrected chi connectivity index (χ4v) is 4.12. The molecule has 1 fully saturated rings. The van der Waals surface area contributed by atoms with Gasteiger partial charge in [0.15, 0.2) is 0 Å². The standard InChI is InChI=1S/C26H26ClFN4O3/c1-35-20-6-4-5-17(13-20)16-29-25(33)18-7-10-24(32-11-2-3-12-32)23(14-18)31-26(34)30-19-8-9-22(28)21(27)15-19/h4-10,13-15H,2-3,11-12,16H2,1H3,(H,29,33)(H2,30,31,34). The number of urea groups is 1. The van der Waals surface area contributed by atoms with E-state index in [9.17, 15) is 14.0 Å². The van der Waals surface area contributed by atoms with Gasteiger partial charge in [0, 0.05) is 30.9 Å². The highest BCUT2D eigenvalue weighted by molar-refractivity contribution is 6.31. The molecule has 0 bridgehead atoms. The molecular formula is C26H26ClFN4O3. The van der Waals surface area contributed by atoms with Crippen LogP contribution in [0.3, 0.4) is 0 Å². The van der Waals surface area contributed by atoms with Gasteiger partial charge in [0.25, 0.3) is 5.91 Å². The quantitative estimate of drug-likeness (QED) is 0.394. The van der Waals surface area contributed by atoms with Crippen molar-refractivity contribution in [2.45, 2.75) is 19.4 Å². The number of benzene rings is 3. The molecule has 3 N–H and O–H groups in total. The van der Waals surface area contributed by atoms with Gasteiger partial charge in [-0.1, -0.05) is 23.7 Å². The molecule has 3 aromatic rings. The number of methoxy groups -OCH3 is 1. The summed E-state index contributed by atoms with van der Waals surface area (Å²) < 4.78 is 18.7. The van der Waals surface area contributed by atoms with Gasteiger partial charge < -0.3 is 25.6 Å². The van der Waals surface area contributed by atoms with Gasteiger partial charge in [0.05, 0.1) is 23.5 Å². The van der Waals surface area contributed by atoms with E-state index < -0.39 is 11.8 Å². The van der Waals surface area contributed by atoms with Crippen LogP contribution in [0.15, 0.2) is 60.7 Å². The number of carbonyl (C=O) groups excluding carboxylic acids is 2. The number of nitrogens with zero attached hydrogens (tertiary/aromatic N) is 1. The highest BCUT2D eigenvalue weighted by atomic mass is 35.5. The molecular weight excluding hydrogens is 471 g/mol. The second-order valence-electron chi connectivity index (χ2n) is 8.17. The van der Waals surface area contributed by atoms with Crippen molar-refractivity contribution in [3.8, 4) is 5.75 Å². The average Bonchev–Trinajstić information content (AvgIpc) is 3.39. The molecule has 0 unspecified atom stereocenters. The van der Waals surface area contributed by atoms with Crippen LogP contribution in [0.25, 0.3) is 0 Å². The second kappa shape index (κ2) is 11.1. The summed E-state index contributed by atoms with van der Waals surface area (Å²) in [6, 6.07) is 16.1. The molecule has 7 nitrogen and oxygen atoms in total. The first-order valence-electron chi connectivity index (χ1n) is 11.3. The maximum atomic E-state index is 13.4. The number of amides is 3. The van der Waals surface area contributed by atoms with Crippen molar-refractivity contribution < 1.29 is 18.7 Å². The molecule has 0 aliphatic carbocycles. The molecule has 0 saturated carbocycles. The van der Waals surface area contributed by atoms with E-state index in [1.807, 2.05) is 30.3 Å². The van der Waals surface area contributed by atoms with Crippen molar-refractivity contribution in [3.63, 3.8) is 0 Å². The van der Waals surface area contributed by atoms with Crippen molar-refractivity contribution in [2.75, 3.05) is 35.7 Å². The number of ether oxygens (including phenoxy) is 1. The first-order valence-corrected chi connectivity index (χ1v) is 11.6. The topological polar surface area (TPSA) is 82.7 Å². The molecule has 3 amide bonds. The summed E-state index contributed by atoms with van der Waals surface area (Å²) in [6.45, 7) is 2.06. The number of halogens is 2. The lowest BCUT2D eigenvalue weighted by Gasteiger charge is -2.22. The lowest BCUT2D eigenvalue weighted by molar-refractivity contribution is 0.0951. The summed E-state index contributed by atoms with van der Waals surface area (Å²) in [7, 11) is 1.59. The van der Waals surface area contributed by atoms with E-state index in [4.69, 9.17) is 16.3 Å². The summed E-state index contributed by atoms with van der Waals surface area (Å²) >= 11 is 5.81. The monoisotopic (exact) mass is 496 g/mol. The Morgan fingerprint density at radius 1 is 1.03 bits per heavy atom. The van der Waals surface area contributed by atoms with Crippen molar-refractivity contribution in [2.24, 2.45) is 0 Å². The van der Waals surface area contributed by atoms with E-state index in [1.54, 1.807) is 19.2 Å². The zero-order chi connectivity index (χ0) is 24.8. The molecule has 4 rings (SSSR count). The summed E-state index contributed by atoms with van der Waals surface area (Å²) in [6.07, 6.45) is 2.12. The van der Waals surface area contributed by atoms with Gasteiger partial charge in [-0.2, -0.15) is 0 Å². The highest BCUT2D eigenvalue weighted by Gasteiger charge is 2.19. The Bertz CT molecular complexity index is 1230. The Kier molecular flexibility index (Phi) is 7.72. The van der Waals surface area contributed by atoms with Gasteiger partial charge in [-0.15, -0.1) is 0 Å². The maximum Gasteiger partial charge on any atom is 0.323 e. The number of hydrogen-bond acceptors (Lipinski definition) is 4. The summed E-state index contributed by atoms with van der Waals surface area (Å²) in [5.41, 5.74) is 3.01. The molecule has 1 aliphatic rings. The third kappa shape index (κ3) is 6.22. The van der Waals surface area contributed by atoms with Crippen LogP contribution in [-0.2, 0) is 6.54 Å². The van der Waals surface area contributed by atoms with Gasteiger partial charge in [-0.3, -0.25) is 4.79 Å². The second-order valence-corrected chi connectivity index (χ2v) is 8.58. The van der Waals surface area contributed by atoms with Crippen molar-refractivity contribution in [3.05, 3.63) is 82.6 Å². The van der Waals surface area contributed by atoms with Gasteiger partial charge >= 0.3 is 6.03 Å². The van der Waals surface area contributed by atoms with Crippen LogP contribution in [0.1, 0.15) is 28.8 Å². The number of rotatable bonds is 7. The normalized spacial score (nSPS) is 12.8. The smallest absolute Gasteiger partial charge is 0.323 e. The molecule has 35 heavy (non-hydrogen) atoms. The molecule has 3 aromatic carbocycles. The Morgan fingerprint density at radius 3 is 2.57 bits per heavy atom. The van der Waals surface area contributed by atoms with Crippen molar-refractivity contribution in [1.29, 1.82) is 0 Å². The zero-order valence-electron chi connectivity index (χ0n) is 19.2. The van der Waals surface area contributed by atoms with Gasteiger partial charge in [0.1, 0.15) is 11.6 Å². The SMILES string of the molecule is COc1cccc(CNC(=O)c2ccc(N3CCCC3)c(NC(=O)Nc3ccc(F)c(Cl)c3)c2)c1. The van der Waals surface area contributed by atoms with E-state index in [1.165, 1.54) is 18.2 Å². The summed E-state index contributed by atoms with van der Waals surface area (Å²) in [4.78, 5) is 27.7.